The number of halogens is 1. The molecule has 1 rings (SSSR count). The van der Waals surface area contributed by atoms with Crippen LogP contribution in [0.15, 0.2) is 4.73 Å². The summed E-state index contributed by atoms with van der Waals surface area (Å²) in [5.74, 6) is 0.494. The molecule has 0 fully saturated rings. The largest absolute Gasteiger partial charge is 0.214 e. The lowest BCUT2D eigenvalue weighted by atomic mass is 10.2. The molecule has 0 N–H and O–H groups in total. The Balaban J connectivity index is 2.85. The first-order valence-electron chi connectivity index (χ1n) is 2.69. The van der Waals surface area contributed by atoms with Gasteiger partial charge in [-0.2, -0.15) is 4.37 Å². The Bertz CT molecular complexity index is 197. The van der Waals surface area contributed by atoms with E-state index in [0.29, 0.717) is 10.7 Å². The van der Waals surface area contributed by atoms with Gasteiger partial charge in [-0.25, -0.2) is 4.98 Å². The quantitative estimate of drug-likeness (QED) is 0.706. The third-order valence-corrected chi connectivity index (χ3v) is 2.51. The summed E-state index contributed by atoms with van der Waals surface area (Å²) in [5.41, 5.74) is 0. The van der Waals surface area contributed by atoms with E-state index < -0.39 is 0 Å². The third-order valence-electron chi connectivity index (χ3n) is 0.911. The molecule has 0 aliphatic carbocycles. The predicted molar refractivity (Wildman–Crippen MR) is 41.7 cm³/mol. The summed E-state index contributed by atoms with van der Waals surface area (Å²) in [6.45, 7) is 4.21. The molecule has 1 aromatic heterocycles. The second-order valence-corrected chi connectivity index (χ2v) is 3.55. The van der Waals surface area contributed by atoms with Crippen LogP contribution in [0, 0.1) is 0 Å². The number of rotatable bonds is 1. The van der Waals surface area contributed by atoms with Gasteiger partial charge in [0, 0.05) is 5.92 Å². The Labute approximate surface area is 66.6 Å². The highest BCUT2D eigenvalue weighted by Crippen LogP contribution is 2.18. The first kappa shape index (κ1) is 7.15. The minimum atomic E-state index is 0.494. The van der Waals surface area contributed by atoms with Crippen molar-refractivity contribution in [1.82, 2.24) is 9.36 Å². The molecule has 50 valence electrons. The van der Waals surface area contributed by atoms with Crippen LogP contribution in [0.1, 0.15) is 24.8 Å². The van der Waals surface area contributed by atoms with Crippen molar-refractivity contribution in [3.63, 3.8) is 0 Å². The van der Waals surface area contributed by atoms with E-state index in [2.05, 4.69) is 39.1 Å². The van der Waals surface area contributed by atoms with Gasteiger partial charge in [0.2, 0.25) is 4.73 Å². The van der Waals surface area contributed by atoms with Gasteiger partial charge in [-0.1, -0.05) is 13.8 Å². The van der Waals surface area contributed by atoms with Gasteiger partial charge in [0.05, 0.1) is 0 Å². The van der Waals surface area contributed by atoms with Crippen LogP contribution in [0.5, 0.6) is 0 Å². The Morgan fingerprint density at radius 1 is 1.56 bits per heavy atom. The first-order chi connectivity index (χ1) is 4.20. The molecule has 0 bridgehead atoms. The van der Waals surface area contributed by atoms with Crippen molar-refractivity contribution in [2.75, 3.05) is 0 Å². The predicted octanol–water partition coefficient (Wildman–Crippen LogP) is 2.42. The Kier molecular flexibility index (Phi) is 2.18. The fraction of sp³-hybridized carbons (Fsp3) is 0.600. The van der Waals surface area contributed by atoms with Crippen molar-refractivity contribution in [3.8, 4) is 0 Å². The summed E-state index contributed by atoms with van der Waals surface area (Å²) in [5, 5.41) is 1.09. The molecule has 0 atom stereocenters. The maximum atomic E-state index is 4.13. The lowest BCUT2D eigenvalue weighted by Gasteiger charge is -1.92. The van der Waals surface area contributed by atoms with E-state index in [4.69, 9.17) is 0 Å². The maximum absolute atomic E-state index is 4.13. The third kappa shape index (κ3) is 1.72. The fourth-order valence-electron chi connectivity index (χ4n) is 0.451. The van der Waals surface area contributed by atoms with Crippen molar-refractivity contribution in [2.24, 2.45) is 0 Å². The van der Waals surface area contributed by atoms with Gasteiger partial charge >= 0.3 is 0 Å². The summed E-state index contributed by atoms with van der Waals surface area (Å²) in [7, 11) is 0. The molecule has 0 saturated carbocycles. The minimum absolute atomic E-state index is 0.494. The van der Waals surface area contributed by atoms with Crippen molar-refractivity contribution in [1.29, 1.82) is 0 Å². The zero-order valence-corrected chi connectivity index (χ0v) is 7.66. The first-order valence-corrected chi connectivity index (χ1v) is 4.26. The van der Waals surface area contributed by atoms with Crippen LogP contribution in [0.3, 0.4) is 0 Å². The SMILES string of the molecule is CC(C)c1nc(Br)ns1. The van der Waals surface area contributed by atoms with Crippen LogP contribution in [0.25, 0.3) is 0 Å². The number of aromatic nitrogens is 2. The zero-order chi connectivity index (χ0) is 6.85. The van der Waals surface area contributed by atoms with Gasteiger partial charge < -0.3 is 0 Å². The lowest BCUT2D eigenvalue weighted by molar-refractivity contribution is 0.848. The molecule has 0 amide bonds. The maximum Gasteiger partial charge on any atom is 0.209 e. The molecule has 0 aliphatic rings. The van der Waals surface area contributed by atoms with E-state index >= 15 is 0 Å². The molecule has 2 nitrogen and oxygen atoms in total. The van der Waals surface area contributed by atoms with Gasteiger partial charge in [0.25, 0.3) is 0 Å². The normalized spacial score (nSPS) is 10.7. The zero-order valence-electron chi connectivity index (χ0n) is 5.26. The number of hydrogen-bond donors (Lipinski definition) is 0. The smallest absolute Gasteiger partial charge is 0.209 e. The fourth-order valence-corrected chi connectivity index (χ4v) is 1.52. The second-order valence-electron chi connectivity index (χ2n) is 2.06. The van der Waals surface area contributed by atoms with E-state index in [1.807, 2.05) is 0 Å². The molecule has 9 heavy (non-hydrogen) atoms. The molecular weight excluding hydrogens is 200 g/mol. The molecular formula is C5H7BrN2S. The van der Waals surface area contributed by atoms with Crippen LogP contribution in [-0.4, -0.2) is 9.36 Å². The van der Waals surface area contributed by atoms with E-state index in [9.17, 15) is 0 Å². The summed E-state index contributed by atoms with van der Waals surface area (Å²) in [6.07, 6.45) is 0. The molecule has 0 radical (unpaired) electrons. The van der Waals surface area contributed by atoms with Crippen LogP contribution in [-0.2, 0) is 0 Å². The van der Waals surface area contributed by atoms with E-state index in [1.165, 1.54) is 11.5 Å². The van der Waals surface area contributed by atoms with Gasteiger partial charge in [0.1, 0.15) is 5.01 Å². The summed E-state index contributed by atoms with van der Waals surface area (Å²) < 4.78 is 4.69. The molecule has 1 aromatic rings. The van der Waals surface area contributed by atoms with Crippen LogP contribution >= 0.6 is 27.5 Å². The monoisotopic (exact) mass is 206 g/mol. The van der Waals surface area contributed by atoms with E-state index in [1.54, 1.807) is 0 Å². The van der Waals surface area contributed by atoms with E-state index in [0.717, 1.165) is 5.01 Å². The minimum Gasteiger partial charge on any atom is -0.214 e. The lowest BCUT2D eigenvalue weighted by Crippen LogP contribution is -1.82. The topological polar surface area (TPSA) is 25.8 Å². The molecule has 0 aliphatic heterocycles. The second kappa shape index (κ2) is 2.75. The van der Waals surface area contributed by atoms with Gasteiger partial charge in [-0.05, 0) is 27.5 Å². The Hall–Kier alpha value is 0.0400. The standard InChI is InChI=1S/C5H7BrN2S/c1-3(2)4-7-5(6)8-9-4/h3H,1-2H3. The highest BCUT2D eigenvalue weighted by Gasteiger charge is 2.03. The molecule has 0 unspecified atom stereocenters. The molecule has 1 heterocycles. The number of hydrogen-bond acceptors (Lipinski definition) is 3. The van der Waals surface area contributed by atoms with Crippen molar-refractivity contribution >= 4 is 27.5 Å². The van der Waals surface area contributed by atoms with E-state index in [-0.39, 0.29) is 0 Å². The molecule has 0 aromatic carbocycles. The number of nitrogens with zero attached hydrogens (tertiary/aromatic N) is 2. The Morgan fingerprint density at radius 2 is 2.22 bits per heavy atom. The summed E-state index contributed by atoms with van der Waals surface area (Å²) in [6, 6.07) is 0. The van der Waals surface area contributed by atoms with Crippen molar-refractivity contribution in [3.05, 3.63) is 9.74 Å². The van der Waals surface area contributed by atoms with Crippen LogP contribution in [0.4, 0.5) is 0 Å². The average molecular weight is 207 g/mol. The van der Waals surface area contributed by atoms with Crippen molar-refractivity contribution in [2.45, 2.75) is 19.8 Å². The van der Waals surface area contributed by atoms with Crippen LogP contribution < -0.4 is 0 Å². The average Bonchev–Trinajstić information content (AvgIpc) is 2.14. The highest BCUT2D eigenvalue weighted by atomic mass is 79.9. The van der Waals surface area contributed by atoms with Crippen molar-refractivity contribution < 1.29 is 0 Å². The highest BCUT2D eigenvalue weighted by molar-refractivity contribution is 9.10. The summed E-state index contributed by atoms with van der Waals surface area (Å²) >= 11 is 4.64. The molecule has 0 spiro atoms. The van der Waals surface area contributed by atoms with Gasteiger partial charge in [0.15, 0.2) is 0 Å². The molecule has 4 heteroatoms. The van der Waals surface area contributed by atoms with Gasteiger partial charge in [-0.3, -0.25) is 0 Å². The van der Waals surface area contributed by atoms with Gasteiger partial charge in [-0.15, -0.1) is 0 Å². The molecule has 0 saturated heterocycles. The Morgan fingerprint density at radius 3 is 2.44 bits per heavy atom. The summed E-state index contributed by atoms with van der Waals surface area (Å²) in [4.78, 5) is 4.13. The van der Waals surface area contributed by atoms with Crippen LogP contribution in [0.2, 0.25) is 0 Å².